The van der Waals surface area contributed by atoms with Gasteiger partial charge in [-0.2, -0.15) is 0 Å². The van der Waals surface area contributed by atoms with Crippen LogP contribution in [0.15, 0.2) is 60.7 Å². The number of hydrogen-bond acceptors (Lipinski definition) is 4. The number of ether oxygens (including phenoxy) is 1. The van der Waals surface area contributed by atoms with Crippen molar-refractivity contribution in [1.29, 1.82) is 0 Å². The van der Waals surface area contributed by atoms with E-state index in [-0.39, 0.29) is 37.2 Å². The molecule has 2 atom stereocenters. The molecule has 31 heavy (non-hydrogen) atoms. The maximum atomic E-state index is 13.1. The number of ketones is 1. The molecule has 0 bridgehead atoms. The highest BCUT2D eigenvalue weighted by atomic mass is 19.1. The van der Waals surface area contributed by atoms with Crippen LogP contribution in [0.3, 0.4) is 0 Å². The summed E-state index contributed by atoms with van der Waals surface area (Å²) >= 11 is 0. The van der Waals surface area contributed by atoms with E-state index >= 15 is 0 Å². The number of halogens is 1. The number of benzene rings is 2. The Kier molecular flexibility index (Phi) is 9.88. The fraction of sp³-hybridized carbons (Fsp3) is 0.400. The summed E-state index contributed by atoms with van der Waals surface area (Å²) in [6, 6.07) is 17.6. The molecule has 166 valence electrons. The number of carbonyl (C=O) groups is 3. The van der Waals surface area contributed by atoms with E-state index in [4.69, 9.17) is 4.74 Å². The van der Waals surface area contributed by atoms with Crippen LogP contribution in [0.25, 0.3) is 0 Å². The first-order valence-corrected chi connectivity index (χ1v) is 10.5. The zero-order chi connectivity index (χ0) is 22.6. The molecule has 0 radical (unpaired) electrons. The molecule has 0 saturated heterocycles. The van der Waals surface area contributed by atoms with Crippen molar-refractivity contribution in [3.8, 4) is 0 Å². The van der Waals surface area contributed by atoms with E-state index in [2.05, 4.69) is 5.32 Å². The SMILES string of the molecule is CC(C)[C@H](CCC(=O)OCc1ccccc1)C(=O)NC(Cc1ccccc1)C(=O)CF. The van der Waals surface area contributed by atoms with E-state index in [1.54, 1.807) is 0 Å². The standard InChI is InChI=1S/C25H30FNO4/c1-18(2)21(13-14-24(29)31-17-20-11-7-4-8-12-20)25(30)27-22(23(28)16-26)15-19-9-5-3-6-10-19/h3-12,18,21-22H,13-17H2,1-2H3,(H,27,30)/t21-,22?/m0/s1. The first-order valence-electron chi connectivity index (χ1n) is 10.5. The van der Waals surface area contributed by atoms with Gasteiger partial charge < -0.3 is 10.1 Å². The highest BCUT2D eigenvalue weighted by Gasteiger charge is 2.28. The minimum absolute atomic E-state index is 0.0558. The molecule has 0 aliphatic carbocycles. The molecule has 5 nitrogen and oxygen atoms in total. The zero-order valence-corrected chi connectivity index (χ0v) is 18.1. The van der Waals surface area contributed by atoms with Gasteiger partial charge in [-0.1, -0.05) is 74.5 Å². The number of Topliss-reactive ketones (excluding diaryl/α,β-unsaturated/α-hetero) is 1. The van der Waals surface area contributed by atoms with Crippen LogP contribution in [0, 0.1) is 11.8 Å². The van der Waals surface area contributed by atoms with Gasteiger partial charge in [0.1, 0.15) is 13.3 Å². The summed E-state index contributed by atoms with van der Waals surface area (Å²) in [5, 5.41) is 2.70. The van der Waals surface area contributed by atoms with E-state index in [0.717, 1.165) is 11.1 Å². The van der Waals surface area contributed by atoms with Gasteiger partial charge in [-0.05, 0) is 29.9 Å². The molecule has 0 spiro atoms. The van der Waals surface area contributed by atoms with Gasteiger partial charge in [0.2, 0.25) is 5.91 Å². The van der Waals surface area contributed by atoms with Crippen LogP contribution in [-0.4, -0.2) is 30.4 Å². The number of carbonyl (C=O) groups excluding carboxylic acids is 3. The summed E-state index contributed by atoms with van der Waals surface area (Å²) in [4.78, 5) is 37.1. The number of alkyl halides is 1. The predicted molar refractivity (Wildman–Crippen MR) is 117 cm³/mol. The van der Waals surface area contributed by atoms with Gasteiger partial charge in [0, 0.05) is 12.3 Å². The number of rotatable bonds is 12. The Balaban J connectivity index is 1.92. The van der Waals surface area contributed by atoms with Crippen molar-refractivity contribution in [3.05, 3.63) is 71.8 Å². The summed E-state index contributed by atoms with van der Waals surface area (Å²) in [7, 11) is 0. The van der Waals surface area contributed by atoms with Gasteiger partial charge in [-0.3, -0.25) is 14.4 Å². The summed E-state index contributed by atoms with van der Waals surface area (Å²) in [6.07, 6.45) is 0.599. The van der Waals surface area contributed by atoms with Crippen molar-refractivity contribution in [3.63, 3.8) is 0 Å². The van der Waals surface area contributed by atoms with Gasteiger partial charge >= 0.3 is 5.97 Å². The average molecular weight is 428 g/mol. The van der Waals surface area contributed by atoms with E-state index in [9.17, 15) is 18.8 Å². The topological polar surface area (TPSA) is 72.5 Å². The Morgan fingerprint density at radius 2 is 1.52 bits per heavy atom. The Hall–Kier alpha value is -3.02. The minimum atomic E-state index is -1.14. The second-order valence-corrected chi connectivity index (χ2v) is 7.89. The smallest absolute Gasteiger partial charge is 0.306 e. The molecular formula is C25H30FNO4. The van der Waals surface area contributed by atoms with E-state index < -0.39 is 24.4 Å². The van der Waals surface area contributed by atoms with Crippen molar-refractivity contribution in [2.45, 2.75) is 45.8 Å². The van der Waals surface area contributed by atoms with Crippen LogP contribution in [0.2, 0.25) is 0 Å². The molecule has 0 aliphatic heterocycles. The van der Waals surface area contributed by atoms with Crippen LogP contribution in [0.1, 0.15) is 37.8 Å². The van der Waals surface area contributed by atoms with Crippen LogP contribution in [0.4, 0.5) is 4.39 Å². The Bertz CT molecular complexity index is 839. The van der Waals surface area contributed by atoms with Crippen LogP contribution in [-0.2, 0) is 32.1 Å². The maximum absolute atomic E-state index is 13.1. The molecule has 1 unspecified atom stereocenters. The monoisotopic (exact) mass is 427 g/mol. The van der Waals surface area contributed by atoms with Gasteiger partial charge in [-0.15, -0.1) is 0 Å². The van der Waals surface area contributed by atoms with Crippen LogP contribution in [0.5, 0.6) is 0 Å². The van der Waals surface area contributed by atoms with Crippen molar-refractivity contribution in [2.75, 3.05) is 6.67 Å². The zero-order valence-electron chi connectivity index (χ0n) is 18.1. The van der Waals surface area contributed by atoms with Crippen molar-refractivity contribution < 1.29 is 23.5 Å². The third kappa shape index (κ3) is 8.32. The number of nitrogens with one attached hydrogen (secondary N) is 1. The molecular weight excluding hydrogens is 397 g/mol. The molecule has 0 aliphatic rings. The molecule has 0 aromatic heterocycles. The third-order valence-corrected chi connectivity index (χ3v) is 5.16. The molecule has 0 heterocycles. The fourth-order valence-corrected chi connectivity index (χ4v) is 3.32. The third-order valence-electron chi connectivity index (χ3n) is 5.16. The van der Waals surface area contributed by atoms with Gasteiger partial charge in [0.25, 0.3) is 0 Å². The maximum Gasteiger partial charge on any atom is 0.306 e. The van der Waals surface area contributed by atoms with Crippen LogP contribution >= 0.6 is 0 Å². The summed E-state index contributed by atoms with van der Waals surface area (Å²) in [6.45, 7) is 2.80. The lowest BCUT2D eigenvalue weighted by atomic mass is 9.89. The van der Waals surface area contributed by atoms with Gasteiger partial charge in [-0.25, -0.2) is 4.39 Å². The minimum Gasteiger partial charge on any atom is -0.461 e. The Morgan fingerprint density at radius 1 is 0.935 bits per heavy atom. The summed E-state index contributed by atoms with van der Waals surface area (Å²) in [5.41, 5.74) is 1.72. The lowest BCUT2D eigenvalue weighted by molar-refractivity contribution is -0.145. The molecule has 0 fully saturated rings. The van der Waals surface area contributed by atoms with E-state index in [1.165, 1.54) is 0 Å². The summed E-state index contributed by atoms with van der Waals surface area (Å²) < 4.78 is 18.3. The van der Waals surface area contributed by atoms with Crippen molar-refractivity contribution >= 4 is 17.7 Å². The number of amides is 1. The average Bonchev–Trinajstić information content (AvgIpc) is 2.78. The highest BCUT2D eigenvalue weighted by Crippen LogP contribution is 2.19. The van der Waals surface area contributed by atoms with Crippen LogP contribution < -0.4 is 5.32 Å². The van der Waals surface area contributed by atoms with Gasteiger partial charge in [0.05, 0.1) is 6.04 Å². The Morgan fingerprint density at radius 3 is 2.06 bits per heavy atom. The summed E-state index contributed by atoms with van der Waals surface area (Å²) in [5.74, 6) is -1.95. The van der Waals surface area contributed by atoms with E-state index in [1.807, 2.05) is 74.5 Å². The second-order valence-electron chi connectivity index (χ2n) is 7.89. The molecule has 2 aromatic carbocycles. The molecule has 1 amide bonds. The molecule has 6 heteroatoms. The van der Waals surface area contributed by atoms with Gasteiger partial charge in [0.15, 0.2) is 5.78 Å². The second kappa shape index (κ2) is 12.6. The first kappa shape index (κ1) is 24.3. The van der Waals surface area contributed by atoms with Crippen molar-refractivity contribution in [2.24, 2.45) is 11.8 Å². The number of hydrogen-bond donors (Lipinski definition) is 1. The lowest BCUT2D eigenvalue weighted by Crippen LogP contribution is -2.46. The first-order chi connectivity index (χ1) is 14.9. The fourth-order valence-electron chi connectivity index (χ4n) is 3.32. The largest absolute Gasteiger partial charge is 0.461 e. The molecule has 2 rings (SSSR count). The lowest BCUT2D eigenvalue weighted by Gasteiger charge is -2.24. The quantitative estimate of drug-likeness (QED) is 0.519. The van der Waals surface area contributed by atoms with E-state index in [0.29, 0.717) is 6.42 Å². The normalized spacial score (nSPS) is 12.8. The highest BCUT2D eigenvalue weighted by molar-refractivity contribution is 5.90. The number of esters is 1. The Labute approximate surface area is 183 Å². The van der Waals surface area contributed by atoms with Crippen molar-refractivity contribution in [1.82, 2.24) is 5.32 Å². The molecule has 2 aromatic rings. The predicted octanol–water partition coefficient (Wildman–Crippen LogP) is 4.05. The molecule has 0 saturated carbocycles. The molecule has 1 N–H and O–H groups in total.